The zero-order chi connectivity index (χ0) is 14.0. The number of hydrogen-bond acceptors (Lipinski definition) is 3. The molecule has 0 spiro atoms. The van der Waals surface area contributed by atoms with E-state index in [4.69, 9.17) is 9.84 Å². The van der Waals surface area contributed by atoms with Crippen LogP contribution in [0.4, 0.5) is 13.2 Å². The Morgan fingerprint density at radius 2 is 2.16 bits per heavy atom. The normalized spacial score (nSPS) is 19.5. The van der Waals surface area contributed by atoms with Crippen LogP contribution in [-0.2, 0) is 11.2 Å². The van der Waals surface area contributed by atoms with Gasteiger partial charge in [-0.25, -0.2) is 0 Å². The third-order valence-electron chi connectivity index (χ3n) is 2.79. The van der Waals surface area contributed by atoms with Crippen LogP contribution in [0.3, 0.4) is 0 Å². The summed E-state index contributed by atoms with van der Waals surface area (Å²) in [5.74, 6) is -0.112. The standard InChI is InChI=1S/C12H12F3NO3/c13-12(14,15)10(17)6-16-11(18)9-5-7-3-1-2-4-8(7)19-9/h1-4,9-10,17H,5-6H2,(H,16,18). The molecule has 0 saturated heterocycles. The van der Waals surface area contributed by atoms with Crippen molar-refractivity contribution in [2.75, 3.05) is 6.54 Å². The smallest absolute Gasteiger partial charge is 0.416 e. The van der Waals surface area contributed by atoms with Crippen LogP contribution in [0.5, 0.6) is 5.75 Å². The number of aliphatic hydroxyl groups excluding tert-OH is 1. The van der Waals surface area contributed by atoms with E-state index in [1.165, 1.54) is 0 Å². The quantitative estimate of drug-likeness (QED) is 0.866. The van der Waals surface area contributed by atoms with E-state index < -0.39 is 30.8 Å². The minimum atomic E-state index is -4.74. The van der Waals surface area contributed by atoms with E-state index in [1.807, 2.05) is 5.32 Å². The van der Waals surface area contributed by atoms with Gasteiger partial charge in [0.2, 0.25) is 0 Å². The van der Waals surface area contributed by atoms with Crippen LogP contribution >= 0.6 is 0 Å². The average Bonchev–Trinajstić information content (AvgIpc) is 2.78. The lowest BCUT2D eigenvalue weighted by Gasteiger charge is -2.16. The van der Waals surface area contributed by atoms with Crippen molar-refractivity contribution in [3.05, 3.63) is 29.8 Å². The Kier molecular flexibility index (Phi) is 3.66. The highest BCUT2D eigenvalue weighted by molar-refractivity contribution is 5.82. The van der Waals surface area contributed by atoms with Crippen LogP contribution in [0, 0.1) is 0 Å². The molecule has 0 aliphatic carbocycles. The molecule has 1 aromatic carbocycles. The maximum atomic E-state index is 12.1. The van der Waals surface area contributed by atoms with Crippen LogP contribution in [0.1, 0.15) is 5.56 Å². The summed E-state index contributed by atoms with van der Waals surface area (Å²) in [6.45, 7) is -0.876. The van der Waals surface area contributed by atoms with Gasteiger partial charge in [-0.2, -0.15) is 13.2 Å². The molecule has 0 bridgehead atoms. The fourth-order valence-corrected chi connectivity index (χ4v) is 1.76. The molecule has 0 saturated carbocycles. The lowest BCUT2D eigenvalue weighted by atomic mass is 10.1. The Bertz CT molecular complexity index is 451. The van der Waals surface area contributed by atoms with Crippen molar-refractivity contribution in [2.45, 2.75) is 24.8 Å². The number of fused-ring (bicyclic) bond motifs is 1. The van der Waals surface area contributed by atoms with Crippen LogP contribution in [-0.4, -0.2) is 35.9 Å². The van der Waals surface area contributed by atoms with Gasteiger partial charge in [-0.1, -0.05) is 18.2 Å². The first-order valence-corrected chi connectivity index (χ1v) is 5.65. The number of hydrogen-bond donors (Lipinski definition) is 2. The highest BCUT2D eigenvalue weighted by Gasteiger charge is 2.39. The third kappa shape index (κ3) is 3.17. The van der Waals surface area contributed by atoms with E-state index in [2.05, 4.69) is 0 Å². The highest BCUT2D eigenvalue weighted by Crippen LogP contribution is 2.28. The number of halogens is 3. The Morgan fingerprint density at radius 3 is 2.79 bits per heavy atom. The van der Waals surface area contributed by atoms with Gasteiger partial charge in [0.25, 0.3) is 5.91 Å². The molecule has 104 valence electrons. The van der Waals surface area contributed by atoms with Gasteiger partial charge in [0.1, 0.15) is 5.75 Å². The summed E-state index contributed by atoms with van der Waals surface area (Å²) in [5, 5.41) is 10.8. The van der Waals surface area contributed by atoms with Gasteiger partial charge in [-0.3, -0.25) is 4.79 Å². The number of aliphatic hydroxyl groups is 1. The molecule has 1 aromatic rings. The fraction of sp³-hybridized carbons (Fsp3) is 0.417. The van der Waals surface area contributed by atoms with E-state index in [0.29, 0.717) is 12.2 Å². The van der Waals surface area contributed by atoms with E-state index in [1.54, 1.807) is 24.3 Å². The van der Waals surface area contributed by atoms with Crippen molar-refractivity contribution >= 4 is 5.91 Å². The van der Waals surface area contributed by atoms with Crippen LogP contribution in [0.2, 0.25) is 0 Å². The molecule has 0 aromatic heterocycles. The Balaban J connectivity index is 1.87. The van der Waals surface area contributed by atoms with E-state index in [9.17, 15) is 18.0 Å². The maximum absolute atomic E-state index is 12.1. The lowest BCUT2D eigenvalue weighted by Crippen LogP contribution is -2.45. The van der Waals surface area contributed by atoms with Crippen molar-refractivity contribution < 1.29 is 27.8 Å². The SMILES string of the molecule is O=C(NCC(O)C(F)(F)F)C1Cc2ccccc2O1. The van der Waals surface area contributed by atoms with E-state index in [-0.39, 0.29) is 0 Å². The van der Waals surface area contributed by atoms with Crippen molar-refractivity contribution in [2.24, 2.45) is 0 Å². The zero-order valence-electron chi connectivity index (χ0n) is 9.78. The molecule has 2 rings (SSSR count). The molecule has 0 fully saturated rings. The minimum absolute atomic E-state index is 0.310. The molecule has 0 radical (unpaired) electrons. The van der Waals surface area contributed by atoms with Crippen molar-refractivity contribution in [1.29, 1.82) is 0 Å². The number of rotatable bonds is 3. The summed E-state index contributed by atoms with van der Waals surface area (Å²) in [7, 11) is 0. The Hall–Kier alpha value is -1.76. The van der Waals surface area contributed by atoms with Crippen molar-refractivity contribution in [3.63, 3.8) is 0 Å². The summed E-state index contributed by atoms with van der Waals surface area (Å²) < 4.78 is 41.5. The zero-order valence-corrected chi connectivity index (χ0v) is 9.78. The monoisotopic (exact) mass is 275 g/mol. The van der Waals surface area contributed by atoms with Gasteiger partial charge in [-0.15, -0.1) is 0 Å². The number of para-hydroxylation sites is 1. The molecule has 1 heterocycles. The first-order valence-electron chi connectivity index (χ1n) is 5.65. The molecular formula is C12H12F3NO3. The Labute approximate surface area is 107 Å². The average molecular weight is 275 g/mol. The molecule has 1 amide bonds. The number of amides is 1. The summed E-state index contributed by atoms with van der Waals surface area (Å²) >= 11 is 0. The van der Waals surface area contributed by atoms with Gasteiger partial charge in [-0.05, 0) is 11.6 Å². The van der Waals surface area contributed by atoms with Gasteiger partial charge in [0, 0.05) is 6.42 Å². The maximum Gasteiger partial charge on any atom is 0.416 e. The van der Waals surface area contributed by atoms with Crippen molar-refractivity contribution in [1.82, 2.24) is 5.32 Å². The van der Waals surface area contributed by atoms with Gasteiger partial charge >= 0.3 is 6.18 Å². The van der Waals surface area contributed by atoms with Crippen LogP contribution < -0.4 is 10.1 Å². The Morgan fingerprint density at radius 1 is 1.47 bits per heavy atom. The predicted molar refractivity (Wildman–Crippen MR) is 59.6 cm³/mol. The van der Waals surface area contributed by atoms with E-state index in [0.717, 1.165) is 5.56 Å². The van der Waals surface area contributed by atoms with Crippen molar-refractivity contribution in [3.8, 4) is 5.75 Å². The topological polar surface area (TPSA) is 58.6 Å². The largest absolute Gasteiger partial charge is 0.480 e. The van der Waals surface area contributed by atoms with Gasteiger partial charge < -0.3 is 15.2 Å². The number of ether oxygens (including phenoxy) is 1. The summed E-state index contributed by atoms with van der Waals surface area (Å²) in [5.41, 5.74) is 0.832. The number of nitrogens with one attached hydrogen (secondary N) is 1. The molecule has 1 aliphatic heterocycles. The fourth-order valence-electron chi connectivity index (χ4n) is 1.76. The van der Waals surface area contributed by atoms with Gasteiger partial charge in [0.15, 0.2) is 12.2 Å². The molecule has 1 aliphatic rings. The second-order valence-corrected chi connectivity index (χ2v) is 4.22. The van der Waals surface area contributed by atoms with Gasteiger partial charge in [0.05, 0.1) is 6.54 Å². The second-order valence-electron chi connectivity index (χ2n) is 4.22. The molecule has 2 unspecified atom stereocenters. The molecule has 2 atom stereocenters. The molecule has 19 heavy (non-hydrogen) atoms. The minimum Gasteiger partial charge on any atom is -0.480 e. The number of alkyl halides is 3. The summed E-state index contributed by atoms with van der Waals surface area (Å²) in [4.78, 5) is 11.6. The summed E-state index contributed by atoms with van der Waals surface area (Å²) in [6, 6.07) is 7.00. The lowest BCUT2D eigenvalue weighted by molar-refractivity contribution is -0.202. The molecule has 7 heteroatoms. The molecule has 2 N–H and O–H groups in total. The van der Waals surface area contributed by atoms with E-state index >= 15 is 0 Å². The molecular weight excluding hydrogens is 263 g/mol. The molecule has 4 nitrogen and oxygen atoms in total. The van der Waals surface area contributed by atoms with Crippen LogP contribution in [0.25, 0.3) is 0 Å². The number of carbonyl (C=O) groups excluding carboxylic acids is 1. The first-order chi connectivity index (χ1) is 8.88. The third-order valence-corrected chi connectivity index (χ3v) is 2.79. The predicted octanol–water partition coefficient (Wildman–Crippen LogP) is 1.03. The summed E-state index contributed by atoms with van der Waals surface area (Å²) in [6.07, 6.45) is -7.85. The van der Waals surface area contributed by atoms with Crippen LogP contribution in [0.15, 0.2) is 24.3 Å². The highest BCUT2D eigenvalue weighted by atomic mass is 19.4. The second kappa shape index (κ2) is 5.08. The number of carbonyl (C=O) groups is 1. The first kappa shape index (κ1) is 13.7. The number of benzene rings is 1.